The molecule has 2 amide bonds. The maximum atomic E-state index is 12.7. The van der Waals surface area contributed by atoms with Gasteiger partial charge in [0.2, 0.25) is 5.91 Å². The van der Waals surface area contributed by atoms with E-state index in [4.69, 9.17) is 14.0 Å². The first-order chi connectivity index (χ1) is 25.3. The topological polar surface area (TPSA) is 131 Å². The van der Waals surface area contributed by atoms with Crippen LogP contribution in [-0.4, -0.2) is 50.3 Å². The van der Waals surface area contributed by atoms with Crippen molar-refractivity contribution in [2.75, 3.05) is 30.8 Å². The number of fused-ring (bicyclic) bond motifs is 1. The predicted octanol–water partition coefficient (Wildman–Crippen LogP) is 8.54. The highest BCUT2D eigenvalue weighted by molar-refractivity contribution is 7.85. The van der Waals surface area contributed by atoms with E-state index in [1.165, 1.54) is 22.3 Å². The number of amides is 2. The normalized spacial score (nSPS) is 11.6. The molecule has 53 heavy (non-hydrogen) atoms. The monoisotopic (exact) mass is 736 g/mol. The van der Waals surface area contributed by atoms with Crippen molar-refractivity contribution in [1.82, 2.24) is 5.32 Å². The van der Waals surface area contributed by atoms with Gasteiger partial charge < -0.3 is 20.1 Å². The van der Waals surface area contributed by atoms with Crippen LogP contribution in [0.5, 0.6) is 11.5 Å². The summed E-state index contributed by atoms with van der Waals surface area (Å²) in [6.07, 6.45) is 0.319. The van der Waals surface area contributed by atoms with E-state index in [9.17, 15) is 18.0 Å². The third kappa shape index (κ3) is 12.1. The van der Waals surface area contributed by atoms with Crippen molar-refractivity contribution in [3.05, 3.63) is 137 Å². The van der Waals surface area contributed by atoms with E-state index in [1.54, 1.807) is 24.3 Å². The fourth-order valence-corrected chi connectivity index (χ4v) is 6.24. The molecule has 0 spiro atoms. The summed E-state index contributed by atoms with van der Waals surface area (Å²) in [6, 6.07) is 33.4. The van der Waals surface area contributed by atoms with Crippen molar-refractivity contribution in [1.29, 1.82) is 0 Å². The van der Waals surface area contributed by atoms with Gasteiger partial charge >= 0.3 is 0 Å². The Bertz CT molecular complexity index is 2090. The second-order valence-electron chi connectivity index (χ2n) is 12.5. The first-order valence-corrected chi connectivity index (χ1v) is 19.2. The molecule has 0 saturated heterocycles. The summed E-state index contributed by atoms with van der Waals surface area (Å²) in [5, 5.41) is 5.42. The van der Waals surface area contributed by atoms with Crippen LogP contribution in [-0.2, 0) is 21.3 Å². The number of aryl methyl sites for hydroxylation is 4. The highest BCUT2D eigenvalue weighted by atomic mass is 32.2. The number of carbonyl (C=O) groups is 2. The van der Waals surface area contributed by atoms with Crippen molar-refractivity contribution >= 4 is 27.6 Å². The zero-order valence-electron chi connectivity index (χ0n) is 31.2. The molecule has 5 aromatic rings. The van der Waals surface area contributed by atoms with Crippen molar-refractivity contribution in [2.24, 2.45) is 0 Å². The highest BCUT2D eigenvalue weighted by Gasteiger charge is 2.13. The lowest BCUT2D eigenvalue weighted by molar-refractivity contribution is -0.115. The van der Waals surface area contributed by atoms with Crippen LogP contribution in [0.4, 0.5) is 5.69 Å². The van der Waals surface area contributed by atoms with Crippen LogP contribution in [0.1, 0.15) is 52.0 Å². The van der Waals surface area contributed by atoms with Crippen LogP contribution in [0.2, 0.25) is 0 Å². The molecular weight excluding hydrogens is 689 g/mol. The average molecular weight is 737 g/mol. The van der Waals surface area contributed by atoms with Gasteiger partial charge in [-0.25, -0.2) is 0 Å². The molecule has 0 atom stereocenters. The predicted molar refractivity (Wildman–Crippen MR) is 213 cm³/mol. The fraction of sp³-hybridized carbons (Fsp3) is 0.256. The molecule has 0 bridgehead atoms. The first kappa shape index (κ1) is 40.3. The van der Waals surface area contributed by atoms with Gasteiger partial charge in [-0.15, -0.1) is 0 Å². The smallest absolute Gasteiger partial charge is 0.266 e. The molecule has 278 valence electrons. The molecule has 0 unspecified atom stereocenters. The standard InChI is InChI=1S/C31H29NO3.C10H13NO4S.C2H6/c1-20-16-21(2)31(22(3)17-20)25-8-11-27(12-9-25)32-30(33)18-23-4-6-24(7-5-23)26-10-13-28-29(19-26)35-15-14-34-28;1-8-2-4-9(5-3-8)10(12)11-6-7-16(13,14)15;1-2/h4-13,16-17,19H,14-15,18H2,1-3H3,(H,32,33);2-5H,6-7H2,1H3,(H,11,12)(H,13,14,15);1-2H3. The van der Waals surface area contributed by atoms with Gasteiger partial charge in [-0.3, -0.25) is 14.1 Å². The first-order valence-electron chi connectivity index (χ1n) is 17.6. The number of nitrogens with one attached hydrogen (secondary N) is 2. The maximum Gasteiger partial charge on any atom is 0.266 e. The van der Waals surface area contributed by atoms with E-state index in [1.807, 2.05) is 75.4 Å². The Labute approximate surface area is 313 Å². The Balaban J connectivity index is 0.000000293. The SMILES string of the molecule is CC.Cc1cc(C)c(-c2ccc(NC(=O)Cc3ccc(-c4ccc5c(c4)OCCO5)cc3)cc2)c(C)c1.Cc1ccc(C(=O)NCCS(=O)(=O)O)cc1. The van der Waals surface area contributed by atoms with E-state index >= 15 is 0 Å². The van der Waals surface area contributed by atoms with Crippen LogP contribution >= 0.6 is 0 Å². The molecule has 3 N–H and O–H groups in total. The molecule has 0 saturated carbocycles. The van der Waals surface area contributed by atoms with Gasteiger partial charge in [0.05, 0.1) is 12.2 Å². The summed E-state index contributed by atoms with van der Waals surface area (Å²) in [7, 11) is -4.02. The number of ether oxygens (including phenoxy) is 2. The summed E-state index contributed by atoms with van der Waals surface area (Å²) >= 11 is 0. The van der Waals surface area contributed by atoms with Crippen LogP contribution in [0.25, 0.3) is 22.3 Å². The van der Waals surface area contributed by atoms with Crippen LogP contribution < -0.4 is 20.1 Å². The summed E-state index contributed by atoms with van der Waals surface area (Å²) in [5.41, 5.74) is 11.6. The minimum Gasteiger partial charge on any atom is -0.486 e. The van der Waals surface area contributed by atoms with Crippen molar-refractivity contribution in [2.45, 2.75) is 48.0 Å². The zero-order chi connectivity index (χ0) is 38.5. The molecule has 0 radical (unpaired) electrons. The Morgan fingerprint density at radius 2 is 1.25 bits per heavy atom. The molecule has 9 nitrogen and oxygen atoms in total. The highest BCUT2D eigenvalue weighted by Crippen LogP contribution is 2.34. The average Bonchev–Trinajstić information content (AvgIpc) is 3.13. The quantitative estimate of drug-likeness (QED) is 0.129. The second-order valence-corrected chi connectivity index (χ2v) is 14.1. The van der Waals surface area contributed by atoms with E-state index in [0.29, 0.717) is 25.2 Å². The zero-order valence-corrected chi connectivity index (χ0v) is 32.0. The lowest BCUT2D eigenvalue weighted by atomic mass is 9.94. The number of benzene rings is 5. The van der Waals surface area contributed by atoms with Gasteiger partial charge in [-0.2, -0.15) is 8.42 Å². The number of anilines is 1. The third-order valence-electron chi connectivity index (χ3n) is 8.29. The van der Waals surface area contributed by atoms with E-state index in [2.05, 4.69) is 55.7 Å². The van der Waals surface area contributed by atoms with Crippen LogP contribution in [0.15, 0.2) is 103 Å². The third-order valence-corrected chi connectivity index (χ3v) is 9.01. The van der Waals surface area contributed by atoms with Gasteiger partial charge in [0, 0.05) is 17.8 Å². The number of hydrogen-bond donors (Lipinski definition) is 3. The summed E-state index contributed by atoms with van der Waals surface area (Å²) in [6.45, 7) is 13.4. The molecule has 6 rings (SSSR count). The van der Waals surface area contributed by atoms with Gasteiger partial charge in [0.25, 0.3) is 16.0 Å². The fourth-order valence-electron chi connectivity index (χ4n) is 5.88. The molecule has 0 aliphatic carbocycles. The molecule has 1 aliphatic rings. The lowest BCUT2D eigenvalue weighted by Crippen LogP contribution is -2.28. The molecular formula is C43H48N2O7S. The molecule has 5 aromatic carbocycles. The van der Waals surface area contributed by atoms with Crippen molar-refractivity contribution in [3.63, 3.8) is 0 Å². The number of rotatable bonds is 9. The summed E-state index contributed by atoms with van der Waals surface area (Å²) in [4.78, 5) is 24.1. The molecule has 1 aliphatic heterocycles. The number of hydrogen-bond acceptors (Lipinski definition) is 6. The Kier molecular flexibility index (Phi) is 14.4. The van der Waals surface area contributed by atoms with Gasteiger partial charge in [0.1, 0.15) is 13.2 Å². The minimum absolute atomic E-state index is 0.0347. The van der Waals surface area contributed by atoms with E-state index in [-0.39, 0.29) is 18.4 Å². The number of carbonyl (C=O) groups excluding carboxylic acids is 2. The molecule has 0 fully saturated rings. The van der Waals surface area contributed by atoms with Gasteiger partial charge in [0.15, 0.2) is 11.5 Å². The van der Waals surface area contributed by atoms with Gasteiger partial charge in [-0.05, 0) is 103 Å². The maximum absolute atomic E-state index is 12.7. The summed E-state index contributed by atoms with van der Waals surface area (Å²) in [5.74, 6) is 0.683. The van der Waals surface area contributed by atoms with Crippen LogP contribution in [0.3, 0.4) is 0 Å². The molecule has 0 aromatic heterocycles. The Morgan fingerprint density at radius 1 is 0.679 bits per heavy atom. The van der Waals surface area contributed by atoms with E-state index < -0.39 is 15.9 Å². The molecule has 1 heterocycles. The Hall–Kier alpha value is -5.45. The second kappa shape index (κ2) is 18.9. The summed E-state index contributed by atoms with van der Waals surface area (Å²) < 4.78 is 40.5. The largest absolute Gasteiger partial charge is 0.486 e. The van der Waals surface area contributed by atoms with Crippen molar-refractivity contribution < 1.29 is 32.0 Å². The van der Waals surface area contributed by atoms with E-state index in [0.717, 1.165) is 45.0 Å². The Morgan fingerprint density at radius 3 is 1.85 bits per heavy atom. The lowest BCUT2D eigenvalue weighted by Gasteiger charge is -2.19. The van der Waals surface area contributed by atoms with Crippen LogP contribution in [0, 0.1) is 27.7 Å². The molecule has 10 heteroatoms. The van der Waals surface area contributed by atoms with Gasteiger partial charge in [-0.1, -0.05) is 91.7 Å². The van der Waals surface area contributed by atoms with Crippen molar-refractivity contribution in [3.8, 4) is 33.8 Å². The minimum atomic E-state index is -4.02.